The zero-order valence-corrected chi connectivity index (χ0v) is 12.5. The average Bonchev–Trinajstić information content (AvgIpc) is 3.01. The van der Waals surface area contributed by atoms with Crippen molar-refractivity contribution in [3.05, 3.63) is 12.2 Å². The highest BCUT2D eigenvalue weighted by Gasteiger charge is 2.19. The fourth-order valence-corrected chi connectivity index (χ4v) is 2.88. The van der Waals surface area contributed by atoms with Gasteiger partial charge in [0.2, 0.25) is 0 Å². The molecule has 2 rings (SSSR count). The maximum absolute atomic E-state index is 4.24. The summed E-state index contributed by atoms with van der Waals surface area (Å²) in [5.41, 5.74) is 0. The molecule has 1 aromatic rings. The molecule has 0 radical (unpaired) electrons. The molecule has 0 unspecified atom stereocenters. The molecule has 0 spiro atoms. The monoisotopic (exact) mass is 265 g/mol. The third-order valence-corrected chi connectivity index (χ3v) is 3.91. The Bertz CT molecular complexity index is 370. The van der Waals surface area contributed by atoms with Gasteiger partial charge in [0, 0.05) is 19.1 Å². The van der Waals surface area contributed by atoms with Gasteiger partial charge in [-0.3, -0.25) is 9.80 Å². The maximum atomic E-state index is 4.24. The molecule has 5 nitrogen and oxygen atoms in total. The summed E-state index contributed by atoms with van der Waals surface area (Å²) in [5.74, 6) is 1.08. The smallest absolute Gasteiger partial charge is 0.146 e. The molecule has 1 fully saturated rings. The Kier molecular flexibility index (Phi) is 5.34. The zero-order chi connectivity index (χ0) is 13.7. The lowest BCUT2D eigenvalue weighted by molar-refractivity contribution is 0.185. The number of likely N-dealkylation sites (N-methyl/N-ethyl adjacent to an activating group) is 1. The van der Waals surface area contributed by atoms with Crippen molar-refractivity contribution < 1.29 is 0 Å². The maximum Gasteiger partial charge on any atom is 0.146 e. The van der Waals surface area contributed by atoms with Crippen LogP contribution in [0.15, 0.2) is 6.33 Å². The molecule has 0 aromatic carbocycles. The summed E-state index contributed by atoms with van der Waals surface area (Å²) in [6.45, 7) is 10.0. The van der Waals surface area contributed by atoms with Gasteiger partial charge in [0.25, 0.3) is 0 Å². The molecule has 1 aliphatic rings. The highest BCUT2D eigenvalue weighted by atomic mass is 15.3. The Morgan fingerprint density at radius 1 is 1.37 bits per heavy atom. The second kappa shape index (κ2) is 7.01. The van der Waals surface area contributed by atoms with Crippen LogP contribution in [0.3, 0.4) is 0 Å². The van der Waals surface area contributed by atoms with E-state index in [2.05, 4.69) is 45.5 Å². The van der Waals surface area contributed by atoms with E-state index in [1.807, 2.05) is 6.33 Å². The van der Waals surface area contributed by atoms with Crippen LogP contribution < -0.4 is 0 Å². The molecule has 2 heterocycles. The molecule has 5 heteroatoms. The van der Waals surface area contributed by atoms with Crippen LogP contribution in [0, 0.1) is 0 Å². The van der Waals surface area contributed by atoms with E-state index in [1.165, 1.54) is 25.9 Å². The second-order valence-corrected chi connectivity index (χ2v) is 5.73. The van der Waals surface area contributed by atoms with E-state index in [1.54, 1.807) is 0 Å². The van der Waals surface area contributed by atoms with Crippen molar-refractivity contribution in [2.45, 2.75) is 52.2 Å². The van der Waals surface area contributed by atoms with Crippen LogP contribution in [0.4, 0.5) is 0 Å². The van der Waals surface area contributed by atoms with E-state index in [-0.39, 0.29) is 0 Å². The van der Waals surface area contributed by atoms with Gasteiger partial charge in [0.15, 0.2) is 0 Å². The van der Waals surface area contributed by atoms with Crippen molar-refractivity contribution in [3.63, 3.8) is 0 Å². The van der Waals surface area contributed by atoms with Crippen LogP contribution in [0.2, 0.25) is 0 Å². The molecule has 1 saturated heterocycles. The van der Waals surface area contributed by atoms with Gasteiger partial charge in [-0.05, 0) is 46.3 Å². The minimum atomic E-state index is 0.634. The number of likely N-dealkylation sites (tertiary alicyclic amines) is 1. The zero-order valence-electron chi connectivity index (χ0n) is 12.5. The number of rotatable bonds is 7. The number of nitrogens with zero attached hydrogens (tertiary/aromatic N) is 5. The average molecular weight is 265 g/mol. The van der Waals surface area contributed by atoms with Gasteiger partial charge in [-0.15, -0.1) is 10.2 Å². The van der Waals surface area contributed by atoms with E-state index >= 15 is 0 Å². The predicted molar refractivity (Wildman–Crippen MR) is 76.9 cm³/mol. The topological polar surface area (TPSA) is 37.2 Å². The van der Waals surface area contributed by atoms with Gasteiger partial charge < -0.3 is 4.57 Å². The Morgan fingerprint density at radius 2 is 2.11 bits per heavy atom. The van der Waals surface area contributed by atoms with Crippen molar-refractivity contribution in [2.75, 3.05) is 26.7 Å². The van der Waals surface area contributed by atoms with Crippen molar-refractivity contribution in [1.29, 1.82) is 0 Å². The van der Waals surface area contributed by atoms with Gasteiger partial charge in [-0.25, -0.2) is 0 Å². The fourth-order valence-electron chi connectivity index (χ4n) is 2.88. The van der Waals surface area contributed by atoms with Crippen molar-refractivity contribution in [1.82, 2.24) is 24.6 Å². The van der Waals surface area contributed by atoms with Crippen LogP contribution in [0.1, 0.15) is 38.9 Å². The normalized spacial score (nSPS) is 18.3. The molecule has 0 saturated carbocycles. The molecule has 0 aliphatic carbocycles. The SMILES string of the molecule is CCCn1cnnc1CN(C)C[C@@H](C)N1CCCC1. The van der Waals surface area contributed by atoms with E-state index < -0.39 is 0 Å². The molecule has 0 bridgehead atoms. The fraction of sp³-hybridized carbons (Fsp3) is 0.857. The molecule has 108 valence electrons. The van der Waals surface area contributed by atoms with Crippen molar-refractivity contribution in [2.24, 2.45) is 0 Å². The number of hydrogen-bond donors (Lipinski definition) is 0. The molecular weight excluding hydrogens is 238 g/mol. The first-order valence-corrected chi connectivity index (χ1v) is 7.50. The van der Waals surface area contributed by atoms with Gasteiger partial charge in [0.1, 0.15) is 12.2 Å². The lowest BCUT2D eigenvalue weighted by Crippen LogP contribution is -2.39. The molecule has 1 aromatic heterocycles. The summed E-state index contributed by atoms with van der Waals surface area (Å²) >= 11 is 0. The third kappa shape index (κ3) is 4.01. The lowest BCUT2D eigenvalue weighted by Gasteiger charge is -2.28. The number of aromatic nitrogens is 3. The Labute approximate surface area is 116 Å². The Hall–Kier alpha value is -0.940. The summed E-state index contributed by atoms with van der Waals surface area (Å²) in [6, 6.07) is 0.634. The van der Waals surface area contributed by atoms with E-state index in [9.17, 15) is 0 Å². The number of aryl methyl sites for hydroxylation is 1. The Morgan fingerprint density at radius 3 is 2.79 bits per heavy atom. The molecule has 0 N–H and O–H groups in total. The first-order chi connectivity index (χ1) is 9.20. The van der Waals surface area contributed by atoms with Crippen LogP contribution in [-0.2, 0) is 13.1 Å². The van der Waals surface area contributed by atoms with Gasteiger partial charge in [-0.2, -0.15) is 0 Å². The molecule has 0 amide bonds. The Balaban J connectivity index is 1.82. The summed E-state index contributed by atoms with van der Waals surface area (Å²) in [5, 5.41) is 8.26. The van der Waals surface area contributed by atoms with Crippen LogP contribution in [0.5, 0.6) is 0 Å². The van der Waals surface area contributed by atoms with Crippen molar-refractivity contribution in [3.8, 4) is 0 Å². The van der Waals surface area contributed by atoms with Gasteiger partial charge in [-0.1, -0.05) is 6.92 Å². The third-order valence-electron chi connectivity index (χ3n) is 3.91. The van der Waals surface area contributed by atoms with E-state index in [4.69, 9.17) is 0 Å². The summed E-state index contributed by atoms with van der Waals surface area (Å²) in [4.78, 5) is 4.95. The highest BCUT2D eigenvalue weighted by Crippen LogP contribution is 2.12. The largest absolute Gasteiger partial charge is 0.317 e. The van der Waals surface area contributed by atoms with Gasteiger partial charge >= 0.3 is 0 Å². The van der Waals surface area contributed by atoms with Crippen LogP contribution in [0.25, 0.3) is 0 Å². The summed E-state index contributed by atoms with van der Waals surface area (Å²) < 4.78 is 2.16. The standard InChI is InChI=1S/C14H27N5/c1-4-7-19-12-15-16-14(19)11-17(3)10-13(2)18-8-5-6-9-18/h12-13H,4-11H2,1-3H3/t13-/m1/s1. The lowest BCUT2D eigenvalue weighted by atomic mass is 10.2. The van der Waals surface area contributed by atoms with E-state index in [0.29, 0.717) is 6.04 Å². The second-order valence-electron chi connectivity index (χ2n) is 5.73. The molecule has 1 aliphatic heterocycles. The summed E-state index contributed by atoms with van der Waals surface area (Å²) in [6.07, 6.45) is 5.69. The minimum Gasteiger partial charge on any atom is -0.317 e. The van der Waals surface area contributed by atoms with Crippen LogP contribution in [-0.4, -0.2) is 57.3 Å². The van der Waals surface area contributed by atoms with Crippen LogP contribution >= 0.6 is 0 Å². The van der Waals surface area contributed by atoms with Gasteiger partial charge in [0.05, 0.1) is 6.54 Å². The first kappa shape index (κ1) is 14.5. The van der Waals surface area contributed by atoms with E-state index in [0.717, 1.165) is 31.9 Å². The highest BCUT2D eigenvalue weighted by molar-refractivity contribution is 4.86. The van der Waals surface area contributed by atoms with Crippen molar-refractivity contribution >= 4 is 0 Å². The summed E-state index contributed by atoms with van der Waals surface area (Å²) in [7, 11) is 2.18. The first-order valence-electron chi connectivity index (χ1n) is 7.50. The molecule has 19 heavy (non-hydrogen) atoms. The molecule has 1 atom stereocenters. The minimum absolute atomic E-state index is 0.634. The predicted octanol–water partition coefficient (Wildman–Crippen LogP) is 1.60. The molecular formula is C14H27N5. The quantitative estimate of drug-likeness (QED) is 0.750. The number of hydrogen-bond acceptors (Lipinski definition) is 4.